The molecular formula is C21H23NO3. The smallest absolute Gasteiger partial charge is 0.305 e. The highest BCUT2D eigenvalue weighted by Gasteiger charge is 2.36. The van der Waals surface area contributed by atoms with E-state index < -0.39 is 0 Å². The lowest BCUT2D eigenvalue weighted by molar-refractivity contribution is -0.141. The number of hydrogen-bond donors (Lipinski definition) is 1. The summed E-state index contributed by atoms with van der Waals surface area (Å²) < 4.78 is 4.79. The van der Waals surface area contributed by atoms with Crippen molar-refractivity contribution in [2.45, 2.75) is 31.1 Å². The van der Waals surface area contributed by atoms with Gasteiger partial charge in [0, 0.05) is 24.8 Å². The minimum atomic E-state index is -0.211. The van der Waals surface area contributed by atoms with Crippen LogP contribution < -0.4 is 5.32 Å². The quantitative estimate of drug-likeness (QED) is 0.850. The third kappa shape index (κ3) is 3.90. The average molecular weight is 337 g/mol. The molecule has 0 aromatic heterocycles. The van der Waals surface area contributed by atoms with Crippen LogP contribution in [0.15, 0.2) is 54.6 Å². The number of carbonyl (C=O) groups is 2. The van der Waals surface area contributed by atoms with Crippen LogP contribution in [0.5, 0.6) is 0 Å². The highest BCUT2D eigenvalue weighted by Crippen LogP contribution is 2.37. The topological polar surface area (TPSA) is 55.4 Å². The van der Waals surface area contributed by atoms with E-state index in [1.807, 2.05) is 18.2 Å². The first-order chi connectivity index (χ1) is 12.1. The van der Waals surface area contributed by atoms with Gasteiger partial charge in [-0.3, -0.25) is 9.59 Å². The lowest BCUT2D eigenvalue weighted by atomic mass is 9.71. The Labute approximate surface area is 148 Å². The number of nitrogens with one attached hydrogen (secondary N) is 1. The standard InChI is InChI=1S/C21H23NO3/c1-25-20(24)12-14-21(13-11-19(23)22-15-21)18-9-7-17(8-10-18)16-5-3-2-4-6-16/h2-10H,11-15H2,1H3,(H,22,23). The van der Waals surface area contributed by atoms with Crippen molar-refractivity contribution in [3.05, 3.63) is 60.2 Å². The number of esters is 1. The second-order valence-electron chi connectivity index (χ2n) is 6.58. The van der Waals surface area contributed by atoms with Gasteiger partial charge in [0.05, 0.1) is 7.11 Å². The van der Waals surface area contributed by atoms with Gasteiger partial charge in [-0.25, -0.2) is 0 Å². The molecule has 0 spiro atoms. The lowest BCUT2D eigenvalue weighted by Crippen LogP contribution is -2.46. The van der Waals surface area contributed by atoms with E-state index in [0.29, 0.717) is 25.8 Å². The van der Waals surface area contributed by atoms with E-state index in [0.717, 1.165) is 17.5 Å². The average Bonchev–Trinajstić information content (AvgIpc) is 2.68. The SMILES string of the molecule is COC(=O)CCC1(c2ccc(-c3ccccc3)cc2)CCC(=O)NC1. The molecule has 1 N–H and O–H groups in total. The summed E-state index contributed by atoms with van der Waals surface area (Å²) in [6, 6.07) is 18.7. The zero-order valence-electron chi connectivity index (χ0n) is 14.5. The van der Waals surface area contributed by atoms with Crippen LogP contribution in [0.25, 0.3) is 11.1 Å². The fourth-order valence-electron chi connectivity index (χ4n) is 3.49. The van der Waals surface area contributed by atoms with Gasteiger partial charge < -0.3 is 10.1 Å². The Morgan fingerprint density at radius 3 is 2.36 bits per heavy atom. The van der Waals surface area contributed by atoms with Gasteiger partial charge in [-0.05, 0) is 29.5 Å². The van der Waals surface area contributed by atoms with Crippen molar-refractivity contribution in [3.8, 4) is 11.1 Å². The number of ether oxygens (including phenoxy) is 1. The van der Waals surface area contributed by atoms with Gasteiger partial charge in [0.15, 0.2) is 0 Å². The molecule has 3 rings (SSSR count). The second kappa shape index (κ2) is 7.51. The third-order valence-corrected chi connectivity index (χ3v) is 5.09. The minimum absolute atomic E-state index is 0.0783. The molecule has 1 unspecified atom stereocenters. The van der Waals surface area contributed by atoms with Gasteiger partial charge in [0.1, 0.15) is 0 Å². The Hall–Kier alpha value is -2.62. The Bertz CT molecular complexity index is 727. The first-order valence-electron chi connectivity index (χ1n) is 8.62. The van der Waals surface area contributed by atoms with Crippen LogP contribution in [0.4, 0.5) is 0 Å². The Kier molecular flexibility index (Phi) is 5.17. The molecule has 2 aromatic carbocycles. The number of carbonyl (C=O) groups excluding carboxylic acids is 2. The predicted octanol–water partition coefficient (Wildman–Crippen LogP) is 3.45. The maximum atomic E-state index is 11.6. The van der Waals surface area contributed by atoms with Crippen LogP contribution >= 0.6 is 0 Å². The molecule has 0 aliphatic carbocycles. The molecule has 25 heavy (non-hydrogen) atoms. The van der Waals surface area contributed by atoms with Crippen LogP contribution in [0.3, 0.4) is 0 Å². The van der Waals surface area contributed by atoms with Gasteiger partial charge in [-0.2, -0.15) is 0 Å². The first-order valence-corrected chi connectivity index (χ1v) is 8.62. The Morgan fingerprint density at radius 1 is 1.08 bits per heavy atom. The zero-order valence-corrected chi connectivity index (χ0v) is 14.5. The largest absolute Gasteiger partial charge is 0.469 e. The third-order valence-electron chi connectivity index (χ3n) is 5.09. The van der Waals surface area contributed by atoms with Crippen molar-refractivity contribution in [3.63, 3.8) is 0 Å². The van der Waals surface area contributed by atoms with E-state index in [1.165, 1.54) is 12.7 Å². The van der Waals surface area contributed by atoms with E-state index in [1.54, 1.807) is 0 Å². The van der Waals surface area contributed by atoms with Gasteiger partial charge in [-0.1, -0.05) is 54.6 Å². The molecule has 0 bridgehead atoms. The van der Waals surface area contributed by atoms with Gasteiger partial charge in [0.25, 0.3) is 0 Å². The second-order valence-corrected chi connectivity index (χ2v) is 6.58. The normalized spacial score (nSPS) is 20.0. The zero-order chi connectivity index (χ0) is 17.7. The first kappa shape index (κ1) is 17.2. The van der Waals surface area contributed by atoms with Crippen LogP contribution in [-0.2, 0) is 19.7 Å². The molecule has 0 saturated carbocycles. The summed E-state index contributed by atoms with van der Waals surface area (Å²) in [6.07, 6.45) is 2.26. The van der Waals surface area contributed by atoms with Gasteiger partial charge in [-0.15, -0.1) is 0 Å². The molecule has 1 amide bonds. The maximum absolute atomic E-state index is 11.6. The van der Waals surface area contributed by atoms with Crippen LogP contribution in [0.1, 0.15) is 31.2 Å². The van der Waals surface area contributed by atoms with Gasteiger partial charge in [0.2, 0.25) is 5.91 Å². The van der Waals surface area contributed by atoms with Crippen molar-refractivity contribution in [1.29, 1.82) is 0 Å². The number of hydrogen-bond acceptors (Lipinski definition) is 3. The monoisotopic (exact) mass is 337 g/mol. The molecule has 1 aliphatic rings. The van der Waals surface area contributed by atoms with Crippen molar-refractivity contribution < 1.29 is 14.3 Å². The molecular weight excluding hydrogens is 314 g/mol. The molecule has 1 saturated heterocycles. The summed E-state index contributed by atoms with van der Waals surface area (Å²) in [5.74, 6) is -0.133. The summed E-state index contributed by atoms with van der Waals surface area (Å²) >= 11 is 0. The fourth-order valence-corrected chi connectivity index (χ4v) is 3.49. The number of piperidine rings is 1. The Balaban J connectivity index is 1.85. The van der Waals surface area contributed by atoms with E-state index in [-0.39, 0.29) is 17.3 Å². The summed E-state index contributed by atoms with van der Waals surface area (Å²) in [5, 5.41) is 2.97. The van der Waals surface area contributed by atoms with E-state index in [2.05, 4.69) is 41.7 Å². The highest BCUT2D eigenvalue weighted by molar-refractivity contribution is 5.77. The molecule has 2 aromatic rings. The Morgan fingerprint density at radius 2 is 1.76 bits per heavy atom. The number of rotatable bonds is 5. The minimum Gasteiger partial charge on any atom is -0.469 e. The molecule has 1 heterocycles. The molecule has 1 aliphatic heterocycles. The number of benzene rings is 2. The molecule has 0 radical (unpaired) electrons. The fraction of sp³-hybridized carbons (Fsp3) is 0.333. The van der Waals surface area contributed by atoms with Crippen LogP contribution in [-0.4, -0.2) is 25.5 Å². The van der Waals surface area contributed by atoms with Crippen molar-refractivity contribution in [1.82, 2.24) is 5.32 Å². The van der Waals surface area contributed by atoms with Crippen molar-refractivity contribution in [2.24, 2.45) is 0 Å². The molecule has 4 nitrogen and oxygen atoms in total. The predicted molar refractivity (Wildman–Crippen MR) is 97.0 cm³/mol. The lowest BCUT2D eigenvalue weighted by Gasteiger charge is -2.38. The number of methoxy groups -OCH3 is 1. The van der Waals surface area contributed by atoms with Crippen molar-refractivity contribution >= 4 is 11.9 Å². The molecule has 1 fully saturated rings. The van der Waals surface area contributed by atoms with Crippen molar-refractivity contribution in [2.75, 3.05) is 13.7 Å². The van der Waals surface area contributed by atoms with Gasteiger partial charge >= 0.3 is 5.97 Å². The molecule has 4 heteroatoms. The van der Waals surface area contributed by atoms with E-state index in [4.69, 9.17) is 4.74 Å². The summed E-state index contributed by atoms with van der Waals surface area (Å²) in [6.45, 7) is 0.563. The summed E-state index contributed by atoms with van der Waals surface area (Å²) in [5.41, 5.74) is 3.29. The molecule has 1 atom stereocenters. The maximum Gasteiger partial charge on any atom is 0.305 e. The number of amides is 1. The van der Waals surface area contributed by atoms with E-state index >= 15 is 0 Å². The summed E-state index contributed by atoms with van der Waals surface area (Å²) in [4.78, 5) is 23.2. The highest BCUT2D eigenvalue weighted by atomic mass is 16.5. The van der Waals surface area contributed by atoms with Crippen LogP contribution in [0.2, 0.25) is 0 Å². The van der Waals surface area contributed by atoms with E-state index in [9.17, 15) is 9.59 Å². The molecule has 130 valence electrons. The summed E-state index contributed by atoms with van der Waals surface area (Å²) in [7, 11) is 1.41. The van der Waals surface area contributed by atoms with Crippen LogP contribution in [0, 0.1) is 0 Å².